The van der Waals surface area contributed by atoms with Crippen LogP contribution in [0.2, 0.25) is 0 Å². The molecule has 2 heterocycles. The van der Waals surface area contributed by atoms with Crippen molar-refractivity contribution >= 4 is 23.4 Å². The number of nitrogens with zero attached hydrogens (tertiary/aromatic N) is 4. The van der Waals surface area contributed by atoms with E-state index in [0.717, 1.165) is 17.7 Å². The average Bonchev–Trinajstić information content (AvgIpc) is 3.52. The summed E-state index contributed by atoms with van der Waals surface area (Å²) in [5.74, 6) is -1.89. The summed E-state index contributed by atoms with van der Waals surface area (Å²) in [6.45, 7) is 1.39. The third-order valence-electron chi connectivity index (χ3n) is 5.23. The second kappa shape index (κ2) is 7.08. The highest BCUT2D eigenvalue weighted by atomic mass is 16.6. The van der Waals surface area contributed by atoms with E-state index in [1.165, 1.54) is 18.2 Å². The Morgan fingerprint density at radius 1 is 1.24 bits per heavy atom. The second-order valence-electron chi connectivity index (χ2n) is 7.12. The molecule has 0 radical (unpaired) electrons. The van der Waals surface area contributed by atoms with E-state index in [1.807, 2.05) is 19.1 Å². The summed E-state index contributed by atoms with van der Waals surface area (Å²) >= 11 is 0. The lowest BCUT2D eigenvalue weighted by Crippen LogP contribution is -2.44. The number of aromatic nitrogens is 1. The maximum atomic E-state index is 13.1. The highest BCUT2D eigenvalue weighted by molar-refractivity contribution is 6.24. The Morgan fingerprint density at radius 3 is 2.62 bits per heavy atom. The van der Waals surface area contributed by atoms with E-state index in [4.69, 9.17) is 0 Å². The molecule has 29 heavy (non-hydrogen) atoms. The van der Waals surface area contributed by atoms with Crippen molar-refractivity contribution in [2.75, 3.05) is 6.54 Å². The molecule has 1 atom stereocenters. The van der Waals surface area contributed by atoms with Crippen molar-refractivity contribution in [3.8, 4) is 0 Å². The summed E-state index contributed by atoms with van der Waals surface area (Å²) in [6.07, 6.45) is 3.33. The lowest BCUT2D eigenvalue weighted by molar-refractivity contribution is -0.385. The Morgan fingerprint density at radius 2 is 2.00 bits per heavy atom. The molecule has 2 aromatic rings. The Balaban J connectivity index is 1.59. The van der Waals surface area contributed by atoms with Crippen molar-refractivity contribution in [3.05, 3.63) is 69.5 Å². The van der Waals surface area contributed by atoms with Gasteiger partial charge in [-0.05, 0) is 38.0 Å². The SMILES string of the molecule is C[C@@H](c1ccccn1)N(C(=O)CN1C(=O)c2cccc([N+](=O)[O-])c2C1=O)C1CC1. The summed E-state index contributed by atoms with van der Waals surface area (Å²) in [5.41, 5.74) is -0.0266. The van der Waals surface area contributed by atoms with Gasteiger partial charge in [-0.3, -0.25) is 34.4 Å². The number of imide groups is 1. The quantitative estimate of drug-likeness (QED) is 0.422. The van der Waals surface area contributed by atoms with E-state index in [-0.39, 0.29) is 29.1 Å². The molecule has 0 saturated heterocycles. The van der Waals surface area contributed by atoms with Gasteiger partial charge in [0, 0.05) is 18.3 Å². The number of benzene rings is 1. The summed E-state index contributed by atoms with van der Waals surface area (Å²) in [5, 5.41) is 11.2. The van der Waals surface area contributed by atoms with E-state index in [1.54, 1.807) is 17.2 Å². The molecule has 0 spiro atoms. The molecule has 1 aliphatic carbocycles. The van der Waals surface area contributed by atoms with Crippen LogP contribution in [0.4, 0.5) is 5.69 Å². The van der Waals surface area contributed by atoms with E-state index < -0.39 is 29.0 Å². The van der Waals surface area contributed by atoms with Gasteiger partial charge in [0.15, 0.2) is 0 Å². The molecular weight excluding hydrogens is 376 g/mol. The molecule has 2 aliphatic rings. The van der Waals surface area contributed by atoms with Crippen LogP contribution in [-0.4, -0.2) is 50.0 Å². The lowest BCUT2D eigenvalue weighted by Gasteiger charge is -2.30. The first-order valence-corrected chi connectivity index (χ1v) is 9.26. The van der Waals surface area contributed by atoms with Crippen LogP contribution in [0.1, 0.15) is 52.2 Å². The molecule has 9 heteroatoms. The van der Waals surface area contributed by atoms with Gasteiger partial charge in [0.05, 0.1) is 22.2 Å². The maximum Gasteiger partial charge on any atom is 0.282 e. The maximum absolute atomic E-state index is 13.1. The Labute approximate surface area is 166 Å². The molecule has 1 aromatic carbocycles. The first-order valence-electron chi connectivity index (χ1n) is 9.26. The zero-order valence-electron chi connectivity index (χ0n) is 15.6. The van der Waals surface area contributed by atoms with E-state index in [2.05, 4.69) is 4.98 Å². The largest absolute Gasteiger partial charge is 0.330 e. The molecule has 148 valence electrons. The normalized spacial score (nSPS) is 16.5. The zero-order chi connectivity index (χ0) is 20.7. The number of rotatable bonds is 6. The Kier molecular flexibility index (Phi) is 4.57. The molecule has 9 nitrogen and oxygen atoms in total. The van der Waals surface area contributed by atoms with Gasteiger partial charge in [0.1, 0.15) is 12.1 Å². The van der Waals surface area contributed by atoms with Crippen molar-refractivity contribution < 1.29 is 19.3 Å². The lowest BCUT2D eigenvalue weighted by atomic mass is 10.1. The van der Waals surface area contributed by atoms with Gasteiger partial charge in [-0.15, -0.1) is 0 Å². The van der Waals surface area contributed by atoms with Gasteiger partial charge in [-0.25, -0.2) is 0 Å². The molecule has 0 bridgehead atoms. The number of nitro groups is 1. The minimum absolute atomic E-state index is 0.0315. The zero-order valence-corrected chi connectivity index (χ0v) is 15.6. The van der Waals surface area contributed by atoms with Gasteiger partial charge in [-0.1, -0.05) is 12.1 Å². The van der Waals surface area contributed by atoms with Crippen molar-refractivity contribution in [2.45, 2.75) is 31.8 Å². The van der Waals surface area contributed by atoms with Gasteiger partial charge >= 0.3 is 0 Å². The van der Waals surface area contributed by atoms with Gasteiger partial charge in [-0.2, -0.15) is 0 Å². The topological polar surface area (TPSA) is 114 Å². The van der Waals surface area contributed by atoms with Crippen LogP contribution < -0.4 is 0 Å². The van der Waals surface area contributed by atoms with E-state index in [9.17, 15) is 24.5 Å². The van der Waals surface area contributed by atoms with Crippen molar-refractivity contribution in [1.82, 2.24) is 14.8 Å². The summed E-state index contributed by atoms with van der Waals surface area (Å²) in [6, 6.07) is 9.04. The molecule has 1 saturated carbocycles. The molecule has 1 aliphatic heterocycles. The predicted octanol–water partition coefficient (Wildman–Crippen LogP) is 2.34. The van der Waals surface area contributed by atoms with Crippen LogP contribution in [0.3, 0.4) is 0 Å². The summed E-state index contributed by atoms with van der Waals surface area (Å²) in [7, 11) is 0. The number of nitro benzene ring substituents is 1. The van der Waals surface area contributed by atoms with Gasteiger partial charge in [0.25, 0.3) is 17.5 Å². The number of hydrogen-bond acceptors (Lipinski definition) is 6. The van der Waals surface area contributed by atoms with Crippen molar-refractivity contribution in [2.24, 2.45) is 0 Å². The van der Waals surface area contributed by atoms with Gasteiger partial charge < -0.3 is 4.90 Å². The fourth-order valence-electron chi connectivity index (χ4n) is 3.68. The average molecular weight is 394 g/mol. The highest BCUT2D eigenvalue weighted by Crippen LogP contribution is 2.35. The monoisotopic (exact) mass is 394 g/mol. The number of carbonyl (C=O) groups is 3. The second-order valence-corrected chi connectivity index (χ2v) is 7.12. The minimum Gasteiger partial charge on any atom is -0.330 e. The summed E-state index contributed by atoms with van der Waals surface area (Å²) in [4.78, 5) is 55.8. The van der Waals surface area contributed by atoms with E-state index >= 15 is 0 Å². The number of fused-ring (bicyclic) bond motifs is 1. The smallest absolute Gasteiger partial charge is 0.282 e. The first-order chi connectivity index (χ1) is 13.9. The Hall–Kier alpha value is -3.62. The molecule has 1 fully saturated rings. The van der Waals surface area contributed by atoms with Crippen molar-refractivity contribution in [3.63, 3.8) is 0 Å². The molecule has 4 rings (SSSR count). The molecular formula is C20H18N4O5. The van der Waals surface area contributed by atoms with Crippen LogP contribution in [0.15, 0.2) is 42.6 Å². The first kappa shape index (κ1) is 18.7. The molecule has 0 unspecified atom stereocenters. The molecule has 0 N–H and O–H groups in total. The fraction of sp³-hybridized carbons (Fsp3) is 0.300. The number of amides is 3. The van der Waals surface area contributed by atoms with Crippen LogP contribution in [0.5, 0.6) is 0 Å². The Bertz CT molecular complexity index is 1020. The van der Waals surface area contributed by atoms with Crippen LogP contribution in [0.25, 0.3) is 0 Å². The van der Waals surface area contributed by atoms with Crippen LogP contribution >= 0.6 is 0 Å². The van der Waals surface area contributed by atoms with Crippen LogP contribution in [-0.2, 0) is 4.79 Å². The van der Waals surface area contributed by atoms with Gasteiger partial charge in [0.2, 0.25) is 5.91 Å². The molecule has 3 amide bonds. The standard InChI is InChI=1S/C20H18N4O5/c1-12(15-6-2-3-10-21-15)23(13-8-9-13)17(25)11-22-19(26)14-5-4-7-16(24(28)29)18(14)20(22)27/h2-7,10,12-13H,8-9,11H2,1H3/t12-/m0/s1. The fourth-order valence-corrected chi connectivity index (χ4v) is 3.68. The van der Waals surface area contributed by atoms with Crippen LogP contribution in [0, 0.1) is 10.1 Å². The third-order valence-corrected chi connectivity index (χ3v) is 5.23. The van der Waals surface area contributed by atoms with E-state index in [0.29, 0.717) is 5.69 Å². The minimum atomic E-state index is -0.813. The predicted molar refractivity (Wildman–Crippen MR) is 101 cm³/mol. The van der Waals surface area contributed by atoms with Crippen molar-refractivity contribution in [1.29, 1.82) is 0 Å². The third kappa shape index (κ3) is 3.24. The number of hydrogen-bond donors (Lipinski definition) is 0. The number of carbonyl (C=O) groups excluding carboxylic acids is 3. The highest BCUT2D eigenvalue weighted by Gasteiger charge is 2.44. The number of pyridine rings is 1. The molecule has 1 aromatic heterocycles. The summed E-state index contributed by atoms with van der Waals surface area (Å²) < 4.78 is 0.